The van der Waals surface area contributed by atoms with E-state index in [0.717, 1.165) is 17.4 Å². The molecule has 0 radical (unpaired) electrons. The van der Waals surface area contributed by atoms with Crippen molar-refractivity contribution in [3.05, 3.63) is 53.5 Å². The number of furan rings is 1. The first-order valence-corrected chi connectivity index (χ1v) is 6.74. The second-order valence-electron chi connectivity index (χ2n) is 5.81. The van der Waals surface area contributed by atoms with Gasteiger partial charge in [0.15, 0.2) is 11.6 Å². The molecule has 0 bridgehead atoms. The zero-order chi connectivity index (χ0) is 15.5. The van der Waals surface area contributed by atoms with E-state index < -0.39 is 11.6 Å². The second-order valence-corrected chi connectivity index (χ2v) is 5.81. The van der Waals surface area contributed by atoms with Crippen molar-refractivity contribution in [1.82, 2.24) is 5.32 Å². The molecule has 0 aliphatic carbocycles. The van der Waals surface area contributed by atoms with E-state index in [0.29, 0.717) is 6.54 Å². The van der Waals surface area contributed by atoms with Crippen molar-refractivity contribution < 1.29 is 17.9 Å². The highest BCUT2D eigenvalue weighted by Crippen LogP contribution is 2.21. The maximum atomic E-state index is 13.5. The van der Waals surface area contributed by atoms with Crippen LogP contribution in [0.2, 0.25) is 0 Å². The molecular formula is C16H19F2NO2. The van der Waals surface area contributed by atoms with Crippen molar-refractivity contribution >= 4 is 0 Å². The van der Waals surface area contributed by atoms with Crippen molar-refractivity contribution in [3.8, 4) is 5.75 Å². The molecule has 1 N–H and O–H groups in total. The Morgan fingerprint density at radius 1 is 1.19 bits per heavy atom. The summed E-state index contributed by atoms with van der Waals surface area (Å²) in [4.78, 5) is 0. The summed E-state index contributed by atoms with van der Waals surface area (Å²) in [5.41, 5.74) is 0.759. The number of ether oxygens (including phenoxy) is 1. The summed E-state index contributed by atoms with van der Waals surface area (Å²) in [6.45, 7) is 6.82. The largest absolute Gasteiger partial charge is 0.486 e. The molecule has 0 unspecified atom stereocenters. The monoisotopic (exact) mass is 295 g/mol. The van der Waals surface area contributed by atoms with E-state index in [1.54, 1.807) is 12.3 Å². The topological polar surface area (TPSA) is 34.4 Å². The maximum Gasteiger partial charge on any atom is 0.200 e. The summed E-state index contributed by atoms with van der Waals surface area (Å²) >= 11 is 0. The predicted octanol–water partition coefficient (Wildman–Crippen LogP) is 4.02. The zero-order valence-electron chi connectivity index (χ0n) is 12.4. The van der Waals surface area contributed by atoms with E-state index in [1.807, 2.05) is 20.8 Å². The molecule has 0 spiro atoms. The van der Waals surface area contributed by atoms with Gasteiger partial charge in [-0.05, 0) is 39.0 Å². The molecule has 21 heavy (non-hydrogen) atoms. The van der Waals surface area contributed by atoms with Gasteiger partial charge < -0.3 is 14.5 Å². The van der Waals surface area contributed by atoms with Crippen LogP contribution in [-0.4, -0.2) is 5.54 Å². The minimum atomic E-state index is -0.977. The van der Waals surface area contributed by atoms with E-state index in [4.69, 9.17) is 9.15 Å². The van der Waals surface area contributed by atoms with Crippen LogP contribution in [0, 0.1) is 11.6 Å². The predicted molar refractivity (Wildman–Crippen MR) is 76.0 cm³/mol. The highest BCUT2D eigenvalue weighted by atomic mass is 19.2. The molecular weight excluding hydrogens is 276 g/mol. The first-order chi connectivity index (χ1) is 9.87. The number of nitrogens with one attached hydrogen (secondary N) is 1. The Morgan fingerprint density at radius 2 is 1.95 bits per heavy atom. The van der Waals surface area contributed by atoms with Crippen LogP contribution in [0.15, 0.2) is 34.9 Å². The van der Waals surface area contributed by atoms with Crippen LogP contribution in [-0.2, 0) is 13.2 Å². The minimum Gasteiger partial charge on any atom is -0.486 e. The Kier molecular flexibility index (Phi) is 4.63. The molecule has 114 valence electrons. The van der Waals surface area contributed by atoms with Gasteiger partial charge >= 0.3 is 0 Å². The molecule has 0 saturated heterocycles. The molecule has 0 amide bonds. The van der Waals surface area contributed by atoms with E-state index in [2.05, 4.69) is 5.32 Å². The Hall–Kier alpha value is -1.88. The van der Waals surface area contributed by atoms with Gasteiger partial charge in [0, 0.05) is 11.1 Å². The Bertz CT molecular complexity index is 603. The SMILES string of the molecule is CC(C)(C)NCc1occc1COc1cccc(F)c1F. The highest BCUT2D eigenvalue weighted by molar-refractivity contribution is 5.26. The average molecular weight is 295 g/mol. The van der Waals surface area contributed by atoms with Gasteiger partial charge in [-0.1, -0.05) is 6.07 Å². The van der Waals surface area contributed by atoms with Crippen LogP contribution in [0.1, 0.15) is 32.1 Å². The van der Waals surface area contributed by atoms with E-state index in [9.17, 15) is 8.78 Å². The third-order valence-electron chi connectivity index (χ3n) is 2.92. The van der Waals surface area contributed by atoms with E-state index in [1.165, 1.54) is 12.1 Å². The number of hydrogen-bond acceptors (Lipinski definition) is 3. The summed E-state index contributed by atoms with van der Waals surface area (Å²) in [7, 11) is 0. The standard InChI is InChI=1S/C16H19F2NO2/c1-16(2,3)19-9-14-11(7-8-20-14)10-21-13-6-4-5-12(17)15(13)18/h4-8,19H,9-10H2,1-3H3. The molecule has 0 atom stereocenters. The van der Waals surface area contributed by atoms with Gasteiger partial charge in [0.05, 0.1) is 12.8 Å². The van der Waals surface area contributed by atoms with Crippen LogP contribution in [0.25, 0.3) is 0 Å². The van der Waals surface area contributed by atoms with Crippen molar-refractivity contribution in [2.75, 3.05) is 0 Å². The summed E-state index contributed by atoms with van der Waals surface area (Å²) in [6, 6.07) is 5.62. The lowest BCUT2D eigenvalue weighted by Gasteiger charge is -2.20. The molecule has 1 aromatic heterocycles. The summed E-state index contributed by atoms with van der Waals surface area (Å²) < 4.78 is 37.3. The lowest BCUT2D eigenvalue weighted by atomic mass is 10.1. The molecule has 0 fully saturated rings. The highest BCUT2D eigenvalue weighted by Gasteiger charge is 2.14. The number of hydrogen-bond donors (Lipinski definition) is 1. The van der Waals surface area contributed by atoms with Crippen LogP contribution >= 0.6 is 0 Å². The fourth-order valence-corrected chi connectivity index (χ4v) is 1.75. The first kappa shape index (κ1) is 15.5. The molecule has 5 heteroatoms. The Morgan fingerprint density at radius 3 is 2.67 bits per heavy atom. The van der Waals surface area contributed by atoms with Crippen LogP contribution in [0.5, 0.6) is 5.75 Å². The van der Waals surface area contributed by atoms with Crippen LogP contribution in [0.4, 0.5) is 8.78 Å². The molecule has 2 aromatic rings. The number of benzene rings is 1. The smallest absolute Gasteiger partial charge is 0.200 e. The van der Waals surface area contributed by atoms with Crippen molar-refractivity contribution in [2.24, 2.45) is 0 Å². The van der Waals surface area contributed by atoms with Gasteiger partial charge in [0.1, 0.15) is 12.4 Å². The van der Waals surface area contributed by atoms with Crippen molar-refractivity contribution in [3.63, 3.8) is 0 Å². The summed E-state index contributed by atoms with van der Waals surface area (Å²) in [5, 5.41) is 3.30. The van der Waals surface area contributed by atoms with E-state index >= 15 is 0 Å². The fraction of sp³-hybridized carbons (Fsp3) is 0.375. The second kappa shape index (κ2) is 6.26. The molecule has 0 aliphatic heterocycles. The Labute approximate surface area is 122 Å². The van der Waals surface area contributed by atoms with Gasteiger partial charge in [0.25, 0.3) is 0 Å². The van der Waals surface area contributed by atoms with Crippen LogP contribution < -0.4 is 10.1 Å². The van der Waals surface area contributed by atoms with Gasteiger partial charge in [-0.25, -0.2) is 4.39 Å². The molecule has 1 heterocycles. The lowest BCUT2D eigenvalue weighted by Crippen LogP contribution is -2.35. The summed E-state index contributed by atoms with van der Waals surface area (Å²) in [5.74, 6) is -1.28. The quantitative estimate of drug-likeness (QED) is 0.904. The average Bonchev–Trinajstić information content (AvgIpc) is 2.85. The zero-order valence-corrected chi connectivity index (χ0v) is 12.4. The lowest BCUT2D eigenvalue weighted by molar-refractivity contribution is 0.279. The van der Waals surface area contributed by atoms with Gasteiger partial charge in [-0.3, -0.25) is 0 Å². The Balaban J connectivity index is 2.01. The molecule has 2 rings (SSSR count). The van der Waals surface area contributed by atoms with Crippen LogP contribution in [0.3, 0.4) is 0 Å². The number of halogens is 2. The first-order valence-electron chi connectivity index (χ1n) is 6.74. The number of rotatable bonds is 5. The summed E-state index contributed by atoms with van der Waals surface area (Å²) in [6.07, 6.45) is 1.56. The third kappa shape index (κ3) is 4.29. The van der Waals surface area contributed by atoms with E-state index in [-0.39, 0.29) is 17.9 Å². The molecule has 3 nitrogen and oxygen atoms in total. The van der Waals surface area contributed by atoms with Gasteiger partial charge in [0.2, 0.25) is 5.82 Å². The van der Waals surface area contributed by atoms with Crippen molar-refractivity contribution in [1.29, 1.82) is 0 Å². The van der Waals surface area contributed by atoms with Crippen molar-refractivity contribution in [2.45, 2.75) is 39.5 Å². The molecule has 0 aliphatic rings. The molecule has 1 aromatic carbocycles. The normalized spacial score (nSPS) is 11.7. The molecule has 0 saturated carbocycles. The maximum absolute atomic E-state index is 13.5. The van der Waals surface area contributed by atoms with Gasteiger partial charge in [-0.2, -0.15) is 4.39 Å². The van der Waals surface area contributed by atoms with Gasteiger partial charge in [-0.15, -0.1) is 0 Å². The minimum absolute atomic E-state index is 0.0421. The fourth-order valence-electron chi connectivity index (χ4n) is 1.75. The third-order valence-corrected chi connectivity index (χ3v) is 2.92.